The molecule has 0 bridgehead atoms. The Labute approximate surface area is 133 Å². The van der Waals surface area contributed by atoms with Crippen LogP contribution < -0.4 is 0 Å². The van der Waals surface area contributed by atoms with E-state index >= 15 is 0 Å². The van der Waals surface area contributed by atoms with Gasteiger partial charge in [0.1, 0.15) is 11.6 Å². The van der Waals surface area contributed by atoms with Gasteiger partial charge in [0.15, 0.2) is 0 Å². The maximum absolute atomic E-state index is 13.7. The van der Waals surface area contributed by atoms with Crippen LogP contribution in [0.4, 0.5) is 22.0 Å². The van der Waals surface area contributed by atoms with Crippen LogP contribution in [0, 0.1) is 17.6 Å². The zero-order valence-corrected chi connectivity index (χ0v) is 12.9. The SMILES string of the molecule is FCCCC=CC1CCC(c2cc(F)c(C(F)F)c(F)c2)CC1. The molecule has 0 amide bonds. The maximum Gasteiger partial charge on any atom is 0.269 e. The first-order valence-electron chi connectivity index (χ1n) is 8.02. The van der Waals surface area contributed by atoms with Crippen LogP contribution in [0.15, 0.2) is 24.3 Å². The second-order valence-corrected chi connectivity index (χ2v) is 6.07. The highest BCUT2D eigenvalue weighted by molar-refractivity contribution is 5.29. The molecule has 23 heavy (non-hydrogen) atoms. The van der Waals surface area contributed by atoms with Crippen LogP contribution in [0.2, 0.25) is 0 Å². The predicted molar refractivity (Wildman–Crippen MR) is 80.4 cm³/mol. The van der Waals surface area contributed by atoms with Gasteiger partial charge in [-0.3, -0.25) is 4.39 Å². The van der Waals surface area contributed by atoms with E-state index in [2.05, 4.69) is 6.08 Å². The monoisotopic (exact) mass is 332 g/mol. The molecular formula is C18H21F5. The second-order valence-electron chi connectivity index (χ2n) is 6.07. The lowest BCUT2D eigenvalue weighted by molar-refractivity contribution is 0.141. The molecule has 2 rings (SSSR count). The minimum absolute atomic E-state index is 0.00112. The summed E-state index contributed by atoms with van der Waals surface area (Å²) >= 11 is 0. The summed E-state index contributed by atoms with van der Waals surface area (Å²) in [5.74, 6) is -1.92. The highest BCUT2D eigenvalue weighted by atomic mass is 19.3. The first-order valence-corrected chi connectivity index (χ1v) is 8.02. The number of halogens is 5. The van der Waals surface area contributed by atoms with Gasteiger partial charge < -0.3 is 0 Å². The molecule has 1 fully saturated rings. The van der Waals surface area contributed by atoms with Crippen LogP contribution in [0.3, 0.4) is 0 Å². The average Bonchev–Trinajstić information content (AvgIpc) is 2.51. The van der Waals surface area contributed by atoms with Crippen molar-refractivity contribution in [3.63, 3.8) is 0 Å². The van der Waals surface area contributed by atoms with Crippen LogP contribution in [0.1, 0.15) is 62.0 Å². The first kappa shape index (κ1) is 18.0. The van der Waals surface area contributed by atoms with Crippen molar-refractivity contribution in [2.45, 2.75) is 50.9 Å². The molecule has 0 saturated heterocycles. The Balaban J connectivity index is 1.96. The van der Waals surface area contributed by atoms with Crippen molar-refractivity contribution in [3.05, 3.63) is 47.0 Å². The zero-order valence-electron chi connectivity index (χ0n) is 12.9. The van der Waals surface area contributed by atoms with Gasteiger partial charge in [0.25, 0.3) is 6.43 Å². The molecule has 0 aliphatic heterocycles. The summed E-state index contributed by atoms with van der Waals surface area (Å²) in [5, 5.41) is 0. The number of alkyl halides is 3. The van der Waals surface area contributed by atoms with Gasteiger partial charge in [0.05, 0.1) is 12.2 Å². The van der Waals surface area contributed by atoms with Crippen LogP contribution >= 0.6 is 0 Å². The Morgan fingerprint density at radius 1 is 1.04 bits per heavy atom. The topological polar surface area (TPSA) is 0 Å². The molecule has 0 spiro atoms. The van der Waals surface area contributed by atoms with Gasteiger partial charge in [-0.15, -0.1) is 0 Å². The van der Waals surface area contributed by atoms with Gasteiger partial charge >= 0.3 is 0 Å². The Morgan fingerprint density at radius 3 is 2.17 bits per heavy atom. The summed E-state index contributed by atoms with van der Waals surface area (Å²) in [6, 6.07) is 2.10. The molecule has 0 radical (unpaired) electrons. The first-order chi connectivity index (χ1) is 11.0. The third-order valence-corrected chi connectivity index (χ3v) is 4.48. The van der Waals surface area contributed by atoms with Gasteiger partial charge in [-0.25, -0.2) is 17.6 Å². The van der Waals surface area contributed by atoms with Crippen molar-refractivity contribution in [3.8, 4) is 0 Å². The highest BCUT2D eigenvalue weighted by Crippen LogP contribution is 2.38. The summed E-state index contributed by atoms with van der Waals surface area (Å²) in [7, 11) is 0. The molecule has 1 aliphatic carbocycles. The molecule has 0 atom stereocenters. The van der Waals surface area contributed by atoms with Gasteiger partial charge in [-0.2, -0.15) is 0 Å². The van der Waals surface area contributed by atoms with Crippen LogP contribution in [-0.4, -0.2) is 6.67 Å². The van der Waals surface area contributed by atoms with Crippen LogP contribution in [0.5, 0.6) is 0 Å². The van der Waals surface area contributed by atoms with E-state index in [0.717, 1.165) is 44.2 Å². The van der Waals surface area contributed by atoms with Crippen molar-refractivity contribution < 1.29 is 22.0 Å². The van der Waals surface area contributed by atoms with E-state index in [1.807, 2.05) is 6.08 Å². The highest BCUT2D eigenvalue weighted by Gasteiger charge is 2.25. The summed E-state index contributed by atoms with van der Waals surface area (Å²) in [6.45, 7) is -0.317. The number of hydrogen-bond acceptors (Lipinski definition) is 0. The summed E-state index contributed by atoms with van der Waals surface area (Å²) in [6.07, 6.45) is 5.50. The smallest absolute Gasteiger partial charge is 0.251 e. The Morgan fingerprint density at radius 2 is 1.65 bits per heavy atom. The molecule has 0 aromatic heterocycles. The lowest BCUT2D eigenvalue weighted by Crippen LogP contribution is -2.13. The quantitative estimate of drug-likeness (QED) is 0.318. The molecule has 1 saturated carbocycles. The molecular weight excluding hydrogens is 311 g/mol. The lowest BCUT2D eigenvalue weighted by Gasteiger charge is -2.27. The van der Waals surface area contributed by atoms with E-state index in [9.17, 15) is 22.0 Å². The van der Waals surface area contributed by atoms with E-state index in [1.165, 1.54) is 0 Å². The van der Waals surface area contributed by atoms with E-state index in [0.29, 0.717) is 17.9 Å². The van der Waals surface area contributed by atoms with Gasteiger partial charge in [0.2, 0.25) is 0 Å². The zero-order chi connectivity index (χ0) is 16.8. The summed E-state index contributed by atoms with van der Waals surface area (Å²) in [4.78, 5) is 0. The van der Waals surface area contributed by atoms with Gasteiger partial charge in [0, 0.05) is 0 Å². The third kappa shape index (κ3) is 4.79. The molecule has 5 heteroatoms. The van der Waals surface area contributed by atoms with E-state index < -0.39 is 23.6 Å². The molecule has 0 nitrogen and oxygen atoms in total. The largest absolute Gasteiger partial charge is 0.269 e. The standard InChI is InChI=1S/C18H21F5/c19-9-3-1-2-4-12-5-7-13(8-6-12)14-10-15(20)17(18(22)23)16(21)11-14/h2,4,10-13,18H,1,3,5-9H2. The minimum Gasteiger partial charge on any atom is -0.251 e. The van der Waals surface area contributed by atoms with Gasteiger partial charge in [-0.1, -0.05) is 12.2 Å². The Kier molecular flexibility index (Phi) is 6.60. The lowest BCUT2D eigenvalue weighted by atomic mass is 9.78. The van der Waals surface area contributed by atoms with E-state index in [1.54, 1.807) is 0 Å². The molecule has 128 valence electrons. The average molecular weight is 332 g/mol. The number of allylic oxidation sites excluding steroid dienone is 2. The molecule has 1 aliphatic rings. The number of benzene rings is 1. The van der Waals surface area contributed by atoms with E-state index in [-0.39, 0.29) is 12.6 Å². The number of rotatable bonds is 6. The van der Waals surface area contributed by atoms with Crippen LogP contribution in [-0.2, 0) is 0 Å². The summed E-state index contributed by atoms with van der Waals surface area (Å²) in [5.41, 5.74) is -0.678. The van der Waals surface area contributed by atoms with E-state index in [4.69, 9.17) is 0 Å². The predicted octanol–water partition coefficient (Wildman–Crippen LogP) is 6.48. The fraction of sp³-hybridized carbons (Fsp3) is 0.556. The van der Waals surface area contributed by atoms with Crippen molar-refractivity contribution in [1.82, 2.24) is 0 Å². The minimum atomic E-state index is -3.14. The molecule has 1 aromatic carbocycles. The van der Waals surface area contributed by atoms with Crippen molar-refractivity contribution in [2.75, 3.05) is 6.67 Å². The van der Waals surface area contributed by atoms with Gasteiger partial charge in [-0.05, 0) is 68.1 Å². The number of hydrogen-bond donors (Lipinski definition) is 0. The Bertz CT molecular complexity index is 507. The van der Waals surface area contributed by atoms with Crippen molar-refractivity contribution in [2.24, 2.45) is 5.92 Å². The normalized spacial score (nSPS) is 22.2. The fourth-order valence-electron chi connectivity index (χ4n) is 3.18. The molecule has 0 heterocycles. The second kappa shape index (κ2) is 8.46. The number of unbranched alkanes of at least 4 members (excludes halogenated alkanes) is 1. The summed E-state index contributed by atoms with van der Waals surface area (Å²) < 4.78 is 64.5. The van der Waals surface area contributed by atoms with Crippen molar-refractivity contribution in [1.29, 1.82) is 0 Å². The van der Waals surface area contributed by atoms with Crippen molar-refractivity contribution >= 4 is 0 Å². The van der Waals surface area contributed by atoms with Crippen LogP contribution in [0.25, 0.3) is 0 Å². The fourth-order valence-corrected chi connectivity index (χ4v) is 3.18. The third-order valence-electron chi connectivity index (χ3n) is 4.48. The Hall–Kier alpha value is -1.39. The molecule has 0 N–H and O–H groups in total. The maximum atomic E-state index is 13.7. The molecule has 0 unspecified atom stereocenters. The molecule has 1 aromatic rings.